The number of hydrogen-bond acceptors (Lipinski definition) is 4. The average molecular weight is 341 g/mol. The van der Waals surface area contributed by atoms with Crippen molar-refractivity contribution in [3.8, 4) is 11.5 Å². The lowest BCUT2D eigenvalue weighted by atomic mass is 9.93. The predicted octanol–water partition coefficient (Wildman–Crippen LogP) is 2.73. The van der Waals surface area contributed by atoms with Gasteiger partial charge in [0, 0.05) is 12.1 Å². The van der Waals surface area contributed by atoms with Gasteiger partial charge < -0.3 is 19.9 Å². The van der Waals surface area contributed by atoms with E-state index in [0.717, 1.165) is 12.8 Å². The zero-order chi connectivity index (χ0) is 17.5. The SMILES string of the molecule is COc1cc(C=CC(=O)NC2CCC(O)CC2)ccc1OC(F)F. The Morgan fingerprint density at radius 1 is 1.29 bits per heavy atom. The van der Waals surface area contributed by atoms with Crippen molar-refractivity contribution in [3.05, 3.63) is 29.8 Å². The lowest BCUT2D eigenvalue weighted by molar-refractivity contribution is -0.117. The maximum atomic E-state index is 12.3. The molecule has 1 fully saturated rings. The Kier molecular flexibility index (Phi) is 6.54. The molecule has 1 amide bonds. The summed E-state index contributed by atoms with van der Waals surface area (Å²) in [4.78, 5) is 11.9. The van der Waals surface area contributed by atoms with Crippen molar-refractivity contribution in [2.75, 3.05) is 7.11 Å². The second-order valence-corrected chi connectivity index (χ2v) is 5.64. The fourth-order valence-corrected chi connectivity index (χ4v) is 2.62. The number of ether oxygens (including phenoxy) is 2. The van der Waals surface area contributed by atoms with Crippen LogP contribution in [0.4, 0.5) is 8.78 Å². The van der Waals surface area contributed by atoms with Gasteiger partial charge in [-0.3, -0.25) is 4.79 Å². The maximum Gasteiger partial charge on any atom is 0.387 e. The van der Waals surface area contributed by atoms with Crippen LogP contribution in [0, 0.1) is 0 Å². The number of methoxy groups -OCH3 is 1. The third-order valence-electron chi connectivity index (χ3n) is 3.87. The van der Waals surface area contributed by atoms with Crippen LogP contribution in [0.1, 0.15) is 31.2 Å². The number of aliphatic hydroxyl groups excluding tert-OH is 1. The molecule has 1 aromatic carbocycles. The lowest BCUT2D eigenvalue weighted by Gasteiger charge is -2.25. The fraction of sp³-hybridized carbons (Fsp3) is 0.471. The van der Waals surface area contributed by atoms with Crippen LogP contribution in [0.15, 0.2) is 24.3 Å². The van der Waals surface area contributed by atoms with E-state index in [4.69, 9.17) is 4.74 Å². The summed E-state index contributed by atoms with van der Waals surface area (Å²) in [6.07, 6.45) is 5.59. The van der Waals surface area contributed by atoms with Crippen molar-refractivity contribution in [2.45, 2.75) is 44.4 Å². The number of alkyl halides is 2. The molecular formula is C17H21F2NO4. The van der Waals surface area contributed by atoms with E-state index < -0.39 is 6.61 Å². The molecule has 2 rings (SSSR count). The molecule has 2 N–H and O–H groups in total. The van der Waals surface area contributed by atoms with Gasteiger partial charge in [0.25, 0.3) is 0 Å². The fourth-order valence-electron chi connectivity index (χ4n) is 2.62. The second kappa shape index (κ2) is 8.63. The predicted molar refractivity (Wildman–Crippen MR) is 85.1 cm³/mol. The average Bonchev–Trinajstić information content (AvgIpc) is 2.55. The number of amides is 1. The number of benzene rings is 1. The minimum Gasteiger partial charge on any atom is -0.493 e. The number of carbonyl (C=O) groups is 1. The van der Waals surface area contributed by atoms with Gasteiger partial charge in [-0.1, -0.05) is 6.07 Å². The molecule has 5 nitrogen and oxygen atoms in total. The molecule has 0 unspecified atom stereocenters. The first-order valence-corrected chi connectivity index (χ1v) is 7.77. The normalized spacial score (nSPS) is 21.0. The van der Waals surface area contributed by atoms with Crippen molar-refractivity contribution in [1.29, 1.82) is 0 Å². The second-order valence-electron chi connectivity index (χ2n) is 5.64. The minimum absolute atomic E-state index is 0.0603. The van der Waals surface area contributed by atoms with Gasteiger partial charge in [-0.15, -0.1) is 0 Å². The van der Waals surface area contributed by atoms with Gasteiger partial charge in [0.1, 0.15) is 0 Å². The highest BCUT2D eigenvalue weighted by molar-refractivity contribution is 5.92. The van der Waals surface area contributed by atoms with Gasteiger partial charge in [0.05, 0.1) is 13.2 Å². The van der Waals surface area contributed by atoms with Crippen LogP contribution in [0.3, 0.4) is 0 Å². The smallest absolute Gasteiger partial charge is 0.387 e. The van der Waals surface area contributed by atoms with E-state index in [0.29, 0.717) is 18.4 Å². The Labute approximate surface area is 139 Å². The molecule has 1 saturated carbocycles. The molecular weight excluding hydrogens is 320 g/mol. The van der Waals surface area contributed by atoms with Crippen LogP contribution in [0.2, 0.25) is 0 Å². The molecule has 1 aliphatic rings. The Morgan fingerprint density at radius 2 is 2.00 bits per heavy atom. The molecule has 0 atom stereocenters. The number of carbonyl (C=O) groups excluding carboxylic acids is 1. The summed E-state index contributed by atoms with van der Waals surface area (Å²) in [7, 11) is 1.35. The van der Waals surface area contributed by atoms with Crippen molar-refractivity contribution in [1.82, 2.24) is 5.32 Å². The number of aliphatic hydroxyl groups is 1. The molecule has 24 heavy (non-hydrogen) atoms. The van der Waals surface area contributed by atoms with Crippen LogP contribution < -0.4 is 14.8 Å². The zero-order valence-electron chi connectivity index (χ0n) is 13.4. The molecule has 0 radical (unpaired) electrons. The first kappa shape index (κ1) is 18.2. The summed E-state index contributed by atoms with van der Waals surface area (Å²) < 4.78 is 33.9. The third kappa shape index (κ3) is 5.49. The molecule has 1 aromatic rings. The minimum atomic E-state index is -2.93. The highest BCUT2D eigenvalue weighted by Crippen LogP contribution is 2.29. The molecule has 0 bridgehead atoms. The van der Waals surface area contributed by atoms with Gasteiger partial charge in [-0.25, -0.2) is 0 Å². The zero-order valence-corrected chi connectivity index (χ0v) is 13.4. The molecule has 1 aliphatic carbocycles. The van der Waals surface area contributed by atoms with Gasteiger partial charge >= 0.3 is 6.61 Å². The highest BCUT2D eigenvalue weighted by atomic mass is 19.3. The maximum absolute atomic E-state index is 12.3. The molecule has 0 spiro atoms. The highest BCUT2D eigenvalue weighted by Gasteiger charge is 2.19. The molecule has 0 aromatic heterocycles. The largest absolute Gasteiger partial charge is 0.493 e. The van der Waals surface area contributed by atoms with E-state index in [2.05, 4.69) is 10.1 Å². The Hall–Kier alpha value is -2.15. The number of halogens is 2. The first-order chi connectivity index (χ1) is 11.5. The molecule has 0 heterocycles. The van der Waals surface area contributed by atoms with Gasteiger partial charge in [-0.2, -0.15) is 8.78 Å². The van der Waals surface area contributed by atoms with Crippen LogP contribution in [-0.2, 0) is 4.79 Å². The summed E-state index contributed by atoms with van der Waals surface area (Å²) in [6.45, 7) is -2.93. The Balaban J connectivity index is 1.94. The lowest BCUT2D eigenvalue weighted by Crippen LogP contribution is -2.37. The third-order valence-corrected chi connectivity index (χ3v) is 3.87. The van der Waals surface area contributed by atoms with E-state index in [-0.39, 0.29) is 29.6 Å². The van der Waals surface area contributed by atoms with Crippen molar-refractivity contribution in [2.24, 2.45) is 0 Å². The summed E-state index contributed by atoms with van der Waals surface area (Å²) in [5, 5.41) is 12.3. The van der Waals surface area contributed by atoms with Crippen molar-refractivity contribution < 1.29 is 28.2 Å². The number of nitrogens with one attached hydrogen (secondary N) is 1. The van der Waals surface area contributed by atoms with Gasteiger partial charge in [-0.05, 0) is 49.5 Å². The summed E-state index contributed by atoms with van der Waals surface area (Å²) in [6, 6.07) is 4.51. The number of hydrogen-bond donors (Lipinski definition) is 2. The van der Waals surface area contributed by atoms with E-state index in [9.17, 15) is 18.7 Å². The summed E-state index contributed by atoms with van der Waals surface area (Å²) in [5.74, 6) is -0.128. The van der Waals surface area contributed by atoms with E-state index >= 15 is 0 Å². The van der Waals surface area contributed by atoms with Gasteiger partial charge in [0.2, 0.25) is 5.91 Å². The standard InChI is InChI=1S/C17H21F2NO4/c1-23-15-10-11(2-8-14(15)24-17(18)19)3-9-16(22)20-12-4-6-13(21)7-5-12/h2-3,8-10,12-13,17,21H,4-7H2,1H3,(H,20,22). The number of rotatable bonds is 6. The van der Waals surface area contributed by atoms with Crippen molar-refractivity contribution >= 4 is 12.0 Å². The molecule has 132 valence electrons. The topological polar surface area (TPSA) is 67.8 Å². The first-order valence-electron chi connectivity index (χ1n) is 7.77. The summed E-state index contributed by atoms with van der Waals surface area (Å²) >= 11 is 0. The molecule has 7 heteroatoms. The van der Waals surface area contributed by atoms with E-state index in [1.807, 2.05) is 0 Å². The van der Waals surface area contributed by atoms with E-state index in [1.165, 1.54) is 25.3 Å². The summed E-state index contributed by atoms with van der Waals surface area (Å²) in [5.41, 5.74) is 0.627. The quantitative estimate of drug-likeness (QED) is 0.781. The Morgan fingerprint density at radius 3 is 2.62 bits per heavy atom. The van der Waals surface area contributed by atoms with Gasteiger partial charge in [0.15, 0.2) is 11.5 Å². The Bertz CT molecular complexity index is 584. The van der Waals surface area contributed by atoms with Crippen LogP contribution in [0.25, 0.3) is 6.08 Å². The van der Waals surface area contributed by atoms with Crippen LogP contribution in [0.5, 0.6) is 11.5 Å². The van der Waals surface area contributed by atoms with Crippen molar-refractivity contribution in [3.63, 3.8) is 0 Å². The van der Waals surface area contributed by atoms with Crippen LogP contribution >= 0.6 is 0 Å². The molecule has 0 saturated heterocycles. The van der Waals surface area contributed by atoms with E-state index in [1.54, 1.807) is 12.1 Å². The monoisotopic (exact) mass is 341 g/mol. The van der Waals surface area contributed by atoms with Crippen LogP contribution in [-0.4, -0.2) is 36.9 Å². The molecule has 0 aliphatic heterocycles.